The van der Waals surface area contributed by atoms with Crippen LogP contribution in [0.4, 0.5) is 8.78 Å². The Balaban J connectivity index is 2.59. The van der Waals surface area contributed by atoms with Crippen LogP contribution in [0.5, 0.6) is 0 Å². The summed E-state index contributed by atoms with van der Waals surface area (Å²) in [6.45, 7) is 1.51. The summed E-state index contributed by atoms with van der Waals surface area (Å²) in [5.74, 6) is -3.52. The second-order valence-electron chi connectivity index (χ2n) is 5.23. The summed E-state index contributed by atoms with van der Waals surface area (Å²) in [6, 6.07) is 8.50. The van der Waals surface area contributed by atoms with Crippen molar-refractivity contribution in [2.45, 2.75) is 11.8 Å². The van der Waals surface area contributed by atoms with Crippen molar-refractivity contribution in [2.24, 2.45) is 0 Å². The first-order valence-corrected chi connectivity index (χ1v) is 8.70. The first kappa shape index (κ1) is 17.8. The molecule has 0 radical (unpaired) electrons. The highest BCUT2D eigenvalue weighted by Gasteiger charge is 2.17. The predicted octanol–water partition coefficient (Wildman–Crippen LogP) is 3.38. The standard InChI is InChI=1S/C17H14F2O4S/c1-10(11-3-6-13(7-4-11)24(2,22)23)16(17(20)21)12-5-8-14(18)15(19)9-12/h3-9H,1-2H3,(H,20,21)/b16-10+. The summed E-state index contributed by atoms with van der Waals surface area (Å²) in [6.07, 6.45) is 1.06. The van der Waals surface area contributed by atoms with Gasteiger partial charge in [-0.2, -0.15) is 0 Å². The Morgan fingerprint density at radius 1 is 0.958 bits per heavy atom. The quantitative estimate of drug-likeness (QED) is 0.676. The van der Waals surface area contributed by atoms with Crippen LogP contribution in [0.25, 0.3) is 11.1 Å². The molecular weight excluding hydrogens is 338 g/mol. The third-order valence-corrected chi connectivity index (χ3v) is 4.64. The molecule has 0 atom stereocenters. The first-order valence-electron chi connectivity index (χ1n) is 6.81. The van der Waals surface area contributed by atoms with Gasteiger partial charge >= 0.3 is 5.97 Å². The van der Waals surface area contributed by atoms with E-state index in [1.165, 1.54) is 37.3 Å². The third kappa shape index (κ3) is 3.68. The van der Waals surface area contributed by atoms with Gasteiger partial charge in [0.05, 0.1) is 10.5 Å². The van der Waals surface area contributed by atoms with Gasteiger partial charge in [0, 0.05) is 6.26 Å². The van der Waals surface area contributed by atoms with Gasteiger partial charge in [0.15, 0.2) is 21.5 Å². The summed E-state index contributed by atoms with van der Waals surface area (Å²) in [5, 5.41) is 9.43. The van der Waals surface area contributed by atoms with Crippen LogP contribution in [0.1, 0.15) is 18.1 Å². The van der Waals surface area contributed by atoms with Crippen molar-refractivity contribution < 1.29 is 27.1 Å². The lowest BCUT2D eigenvalue weighted by Crippen LogP contribution is -2.04. The van der Waals surface area contributed by atoms with Crippen LogP contribution >= 0.6 is 0 Å². The van der Waals surface area contributed by atoms with E-state index in [0.29, 0.717) is 11.1 Å². The maximum Gasteiger partial charge on any atom is 0.336 e. The number of allylic oxidation sites excluding steroid dienone is 1. The van der Waals surface area contributed by atoms with Crippen molar-refractivity contribution in [2.75, 3.05) is 6.26 Å². The van der Waals surface area contributed by atoms with E-state index < -0.39 is 27.4 Å². The number of sulfone groups is 1. The lowest BCUT2D eigenvalue weighted by molar-refractivity contribution is -0.130. The van der Waals surface area contributed by atoms with Crippen molar-refractivity contribution in [1.82, 2.24) is 0 Å². The summed E-state index contributed by atoms with van der Waals surface area (Å²) in [7, 11) is -3.37. The molecular formula is C17H14F2O4S. The number of hydrogen-bond acceptors (Lipinski definition) is 3. The highest BCUT2D eigenvalue weighted by molar-refractivity contribution is 7.90. The molecule has 2 rings (SSSR count). The molecule has 0 aromatic heterocycles. The van der Waals surface area contributed by atoms with Crippen molar-refractivity contribution in [1.29, 1.82) is 0 Å². The van der Waals surface area contributed by atoms with Crippen molar-refractivity contribution in [3.63, 3.8) is 0 Å². The minimum absolute atomic E-state index is 0.0195. The Hall–Kier alpha value is -2.54. The fourth-order valence-electron chi connectivity index (χ4n) is 2.25. The van der Waals surface area contributed by atoms with E-state index in [1.807, 2.05) is 0 Å². The molecule has 0 heterocycles. The average Bonchev–Trinajstić information content (AvgIpc) is 2.50. The molecule has 7 heteroatoms. The SMILES string of the molecule is C/C(=C(\C(=O)O)c1ccc(F)c(F)c1)c1ccc(S(C)(=O)=O)cc1. The topological polar surface area (TPSA) is 71.4 Å². The molecule has 0 aliphatic rings. The normalized spacial score (nSPS) is 12.7. The van der Waals surface area contributed by atoms with Crippen molar-refractivity contribution in [3.8, 4) is 0 Å². The second kappa shape index (κ2) is 6.52. The Kier molecular flexibility index (Phi) is 4.84. The van der Waals surface area contributed by atoms with Gasteiger partial charge < -0.3 is 5.11 Å². The number of carbonyl (C=O) groups is 1. The van der Waals surface area contributed by atoms with Crippen LogP contribution < -0.4 is 0 Å². The Morgan fingerprint density at radius 3 is 1.96 bits per heavy atom. The average molecular weight is 352 g/mol. The number of halogens is 2. The molecule has 1 N–H and O–H groups in total. The molecule has 24 heavy (non-hydrogen) atoms. The zero-order chi connectivity index (χ0) is 18.1. The van der Waals surface area contributed by atoms with Crippen LogP contribution in [0.15, 0.2) is 47.4 Å². The molecule has 0 spiro atoms. The van der Waals surface area contributed by atoms with Crippen LogP contribution in [-0.2, 0) is 14.6 Å². The molecule has 0 aliphatic carbocycles. The van der Waals surface area contributed by atoms with Crippen molar-refractivity contribution >= 4 is 27.0 Å². The predicted molar refractivity (Wildman–Crippen MR) is 86.0 cm³/mol. The summed E-state index contributed by atoms with van der Waals surface area (Å²) >= 11 is 0. The van der Waals surface area contributed by atoms with Crippen molar-refractivity contribution in [3.05, 3.63) is 65.2 Å². The summed E-state index contributed by atoms with van der Waals surface area (Å²) < 4.78 is 49.4. The Labute approximate surface area is 138 Å². The van der Waals surface area contributed by atoms with Gasteiger partial charge in [-0.1, -0.05) is 18.2 Å². The molecule has 4 nitrogen and oxygen atoms in total. The van der Waals surface area contributed by atoms with E-state index in [0.717, 1.165) is 18.4 Å². The van der Waals surface area contributed by atoms with Crippen LogP contribution in [0, 0.1) is 11.6 Å². The van der Waals surface area contributed by atoms with Crippen LogP contribution in [0.3, 0.4) is 0 Å². The van der Waals surface area contributed by atoms with Gasteiger partial charge in [-0.3, -0.25) is 0 Å². The lowest BCUT2D eigenvalue weighted by atomic mass is 9.96. The highest BCUT2D eigenvalue weighted by atomic mass is 32.2. The Bertz CT molecular complexity index is 930. The molecule has 126 valence electrons. The number of benzene rings is 2. The fraction of sp³-hybridized carbons (Fsp3) is 0.118. The van der Waals surface area contributed by atoms with Crippen LogP contribution in [0.2, 0.25) is 0 Å². The largest absolute Gasteiger partial charge is 0.478 e. The van der Waals surface area contributed by atoms with Gasteiger partial charge in [0.1, 0.15) is 0 Å². The lowest BCUT2D eigenvalue weighted by Gasteiger charge is -2.10. The third-order valence-electron chi connectivity index (χ3n) is 3.51. The minimum Gasteiger partial charge on any atom is -0.478 e. The zero-order valence-electron chi connectivity index (χ0n) is 12.9. The molecule has 0 amide bonds. The van der Waals surface area contributed by atoms with Gasteiger partial charge in [-0.25, -0.2) is 22.0 Å². The first-order chi connectivity index (χ1) is 11.1. The van der Waals surface area contributed by atoms with Gasteiger partial charge in [0.25, 0.3) is 0 Å². The fourth-order valence-corrected chi connectivity index (χ4v) is 2.88. The maximum atomic E-state index is 13.4. The van der Waals surface area contributed by atoms with E-state index >= 15 is 0 Å². The van der Waals surface area contributed by atoms with Gasteiger partial charge in [-0.05, 0) is 47.9 Å². The number of carboxylic acid groups (broad SMARTS) is 1. The maximum absolute atomic E-state index is 13.4. The van der Waals surface area contributed by atoms with Crippen LogP contribution in [-0.4, -0.2) is 25.7 Å². The van der Waals surface area contributed by atoms with Gasteiger partial charge in [0.2, 0.25) is 0 Å². The zero-order valence-corrected chi connectivity index (χ0v) is 13.7. The van der Waals surface area contributed by atoms with Gasteiger partial charge in [-0.15, -0.1) is 0 Å². The molecule has 0 bridgehead atoms. The van der Waals surface area contributed by atoms with E-state index in [4.69, 9.17) is 0 Å². The molecule has 0 saturated heterocycles. The van der Waals surface area contributed by atoms with E-state index in [-0.39, 0.29) is 16.0 Å². The number of hydrogen-bond donors (Lipinski definition) is 1. The highest BCUT2D eigenvalue weighted by Crippen LogP contribution is 2.28. The molecule has 2 aromatic carbocycles. The van der Waals surface area contributed by atoms with E-state index in [2.05, 4.69) is 0 Å². The molecule has 0 unspecified atom stereocenters. The smallest absolute Gasteiger partial charge is 0.336 e. The summed E-state index contributed by atoms with van der Waals surface area (Å²) in [5.41, 5.74) is 0.588. The monoisotopic (exact) mass is 352 g/mol. The number of aliphatic carboxylic acids is 1. The molecule has 0 aliphatic heterocycles. The van der Waals surface area contributed by atoms with E-state index in [1.54, 1.807) is 0 Å². The second-order valence-corrected chi connectivity index (χ2v) is 7.25. The Morgan fingerprint density at radius 2 is 1.50 bits per heavy atom. The summed E-state index contributed by atoms with van der Waals surface area (Å²) in [4.78, 5) is 11.7. The molecule has 0 saturated carbocycles. The molecule has 0 fully saturated rings. The number of rotatable bonds is 4. The molecule has 2 aromatic rings. The van der Waals surface area contributed by atoms with E-state index in [9.17, 15) is 27.1 Å². The number of carboxylic acids is 1. The minimum atomic E-state index is -3.37.